The fourth-order valence-corrected chi connectivity index (χ4v) is 3.82. The van der Waals surface area contributed by atoms with Crippen molar-refractivity contribution in [2.24, 2.45) is 0 Å². The summed E-state index contributed by atoms with van der Waals surface area (Å²) in [7, 11) is 0. The molecule has 3 aromatic rings. The largest absolute Gasteiger partial charge is 0.129 e. The summed E-state index contributed by atoms with van der Waals surface area (Å²) in [5.41, 5.74) is 6.10. The molecule has 0 saturated heterocycles. The van der Waals surface area contributed by atoms with Crippen molar-refractivity contribution in [3.8, 4) is 11.1 Å². The molecular formula is C25H28Cl2S. The zero-order valence-corrected chi connectivity index (χ0v) is 19.6. The Bertz CT molecular complexity index is 887. The molecule has 3 rings (SSSR count). The molecule has 0 unspecified atom stereocenters. The lowest BCUT2D eigenvalue weighted by Gasteiger charge is -2.05. The molecule has 0 aromatic heterocycles. The third-order valence-corrected chi connectivity index (χ3v) is 5.55. The molecule has 3 heteroatoms. The molecule has 0 aliphatic rings. The van der Waals surface area contributed by atoms with Crippen LogP contribution in [0.4, 0.5) is 0 Å². The van der Waals surface area contributed by atoms with E-state index >= 15 is 0 Å². The van der Waals surface area contributed by atoms with Gasteiger partial charge in [0, 0.05) is 14.9 Å². The zero-order valence-electron chi connectivity index (χ0n) is 17.2. The highest BCUT2D eigenvalue weighted by molar-refractivity contribution is 7.98. The smallest absolute Gasteiger partial charge is 0.0461 e. The Kier molecular flexibility index (Phi) is 11.1. The summed E-state index contributed by atoms with van der Waals surface area (Å²) in [5.74, 6) is 0. The highest BCUT2D eigenvalue weighted by Crippen LogP contribution is 2.29. The van der Waals surface area contributed by atoms with Crippen LogP contribution >= 0.6 is 35.0 Å². The summed E-state index contributed by atoms with van der Waals surface area (Å²) < 4.78 is 0. The van der Waals surface area contributed by atoms with Crippen molar-refractivity contribution in [1.29, 1.82) is 0 Å². The molecule has 0 radical (unpaired) electrons. The first-order chi connectivity index (χ1) is 13.5. The summed E-state index contributed by atoms with van der Waals surface area (Å²) >= 11 is 13.4. The third kappa shape index (κ3) is 7.05. The van der Waals surface area contributed by atoms with Gasteiger partial charge in [0.2, 0.25) is 0 Å². The SMILES string of the molecule is C=Cc1ccc(-c2ccccc2)cc1C.CC.CSc1cc(Cl)cc(Cl)c1C. The second kappa shape index (κ2) is 12.7. The molecule has 0 aliphatic heterocycles. The second-order valence-electron chi connectivity index (χ2n) is 5.86. The molecule has 0 N–H and O–H groups in total. The van der Waals surface area contributed by atoms with Crippen LogP contribution in [0.2, 0.25) is 10.0 Å². The molecule has 3 aromatic carbocycles. The Labute approximate surface area is 184 Å². The Hall–Kier alpha value is -1.67. The van der Waals surface area contributed by atoms with Gasteiger partial charge < -0.3 is 0 Å². The molecule has 0 saturated carbocycles. The van der Waals surface area contributed by atoms with Crippen LogP contribution < -0.4 is 0 Å². The van der Waals surface area contributed by atoms with E-state index in [4.69, 9.17) is 23.2 Å². The van der Waals surface area contributed by atoms with E-state index in [1.807, 2.05) is 45.2 Å². The normalized spacial score (nSPS) is 9.54. The number of halogens is 2. The van der Waals surface area contributed by atoms with Crippen molar-refractivity contribution in [2.75, 3.05) is 6.26 Å². The lowest BCUT2D eigenvalue weighted by atomic mass is 10.00. The van der Waals surface area contributed by atoms with E-state index in [-0.39, 0.29) is 0 Å². The van der Waals surface area contributed by atoms with Gasteiger partial charge in [-0.15, -0.1) is 11.8 Å². The van der Waals surface area contributed by atoms with Gasteiger partial charge in [-0.3, -0.25) is 0 Å². The topological polar surface area (TPSA) is 0 Å². The average Bonchev–Trinajstić information content (AvgIpc) is 2.73. The van der Waals surface area contributed by atoms with E-state index in [2.05, 4.69) is 56.0 Å². The maximum atomic E-state index is 5.90. The maximum absolute atomic E-state index is 5.90. The average molecular weight is 431 g/mol. The summed E-state index contributed by atoms with van der Waals surface area (Å²) in [6, 6.07) is 20.6. The highest BCUT2D eigenvalue weighted by atomic mass is 35.5. The van der Waals surface area contributed by atoms with E-state index in [0.29, 0.717) is 5.02 Å². The number of aryl methyl sites for hydroxylation is 1. The van der Waals surface area contributed by atoms with Crippen LogP contribution in [0, 0.1) is 13.8 Å². The Morgan fingerprint density at radius 3 is 2.04 bits per heavy atom. The number of hydrogen-bond donors (Lipinski definition) is 0. The maximum Gasteiger partial charge on any atom is 0.0461 e. The van der Waals surface area contributed by atoms with Crippen molar-refractivity contribution in [3.63, 3.8) is 0 Å². The van der Waals surface area contributed by atoms with Gasteiger partial charge in [-0.05, 0) is 60.1 Å². The molecule has 0 bridgehead atoms. The van der Waals surface area contributed by atoms with E-state index in [1.165, 1.54) is 22.3 Å². The van der Waals surface area contributed by atoms with Crippen molar-refractivity contribution >= 4 is 41.0 Å². The second-order valence-corrected chi connectivity index (χ2v) is 7.55. The summed E-state index contributed by atoms with van der Waals surface area (Å²) in [4.78, 5) is 1.14. The summed E-state index contributed by atoms with van der Waals surface area (Å²) in [6.45, 7) is 11.9. The van der Waals surface area contributed by atoms with Gasteiger partial charge in [-0.2, -0.15) is 0 Å². The van der Waals surface area contributed by atoms with Crippen LogP contribution in [-0.2, 0) is 0 Å². The van der Waals surface area contributed by atoms with Crippen LogP contribution in [0.25, 0.3) is 17.2 Å². The number of hydrogen-bond acceptors (Lipinski definition) is 1. The van der Waals surface area contributed by atoms with Crippen LogP contribution in [0.1, 0.15) is 30.5 Å². The van der Waals surface area contributed by atoms with Crippen LogP contribution in [0.15, 0.2) is 72.1 Å². The highest BCUT2D eigenvalue weighted by Gasteiger charge is 2.02. The molecule has 0 aliphatic carbocycles. The Balaban J connectivity index is 0.000000268. The van der Waals surface area contributed by atoms with Crippen molar-refractivity contribution in [1.82, 2.24) is 0 Å². The minimum Gasteiger partial charge on any atom is -0.129 e. The van der Waals surface area contributed by atoms with E-state index in [9.17, 15) is 0 Å². The van der Waals surface area contributed by atoms with E-state index < -0.39 is 0 Å². The monoisotopic (exact) mass is 430 g/mol. The lowest BCUT2D eigenvalue weighted by molar-refractivity contribution is 1.31. The van der Waals surface area contributed by atoms with Gasteiger partial charge in [-0.25, -0.2) is 0 Å². The number of benzene rings is 3. The minimum atomic E-state index is 0.699. The van der Waals surface area contributed by atoms with Crippen molar-refractivity contribution in [3.05, 3.63) is 94.0 Å². The van der Waals surface area contributed by atoms with Crippen LogP contribution in [0.5, 0.6) is 0 Å². The predicted molar refractivity (Wildman–Crippen MR) is 131 cm³/mol. The van der Waals surface area contributed by atoms with Crippen LogP contribution in [-0.4, -0.2) is 6.26 Å². The molecule has 0 fully saturated rings. The fraction of sp³-hybridized carbons (Fsp3) is 0.200. The van der Waals surface area contributed by atoms with Gasteiger partial charge in [0.05, 0.1) is 0 Å². The molecule has 0 atom stereocenters. The zero-order chi connectivity index (χ0) is 21.1. The predicted octanol–water partition coefficient (Wildman–Crippen LogP) is 9.35. The molecule has 0 heterocycles. The summed E-state index contributed by atoms with van der Waals surface area (Å²) in [6.07, 6.45) is 3.90. The third-order valence-electron chi connectivity index (χ3n) is 4.08. The molecular weight excluding hydrogens is 403 g/mol. The Morgan fingerprint density at radius 2 is 1.50 bits per heavy atom. The lowest BCUT2D eigenvalue weighted by Crippen LogP contribution is -1.83. The first-order valence-electron chi connectivity index (χ1n) is 9.24. The van der Waals surface area contributed by atoms with Gasteiger partial charge in [0.15, 0.2) is 0 Å². The standard InChI is InChI=1S/C15H14.C8H8Cl2S.C2H6/c1-3-13-9-10-15(11-12(13)2)14-7-5-4-6-8-14;1-5-7(10)3-6(9)4-8(5)11-2;1-2/h3-11H,1H2,2H3;3-4H,1-2H3;1-2H3. The van der Waals surface area contributed by atoms with Gasteiger partial charge in [0.25, 0.3) is 0 Å². The van der Waals surface area contributed by atoms with Gasteiger partial charge >= 0.3 is 0 Å². The Morgan fingerprint density at radius 1 is 0.857 bits per heavy atom. The molecule has 28 heavy (non-hydrogen) atoms. The van der Waals surface area contributed by atoms with E-state index in [1.54, 1.807) is 17.8 Å². The molecule has 0 spiro atoms. The first kappa shape index (κ1) is 24.4. The fourth-order valence-electron chi connectivity index (χ4n) is 2.55. The number of rotatable bonds is 3. The summed E-state index contributed by atoms with van der Waals surface area (Å²) in [5, 5.41) is 1.44. The van der Waals surface area contributed by atoms with Gasteiger partial charge in [-0.1, -0.05) is 98.2 Å². The molecule has 148 valence electrons. The molecule has 0 amide bonds. The van der Waals surface area contributed by atoms with Crippen molar-refractivity contribution in [2.45, 2.75) is 32.6 Å². The van der Waals surface area contributed by atoms with Crippen LogP contribution in [0.3, 0.4) is 0 Å². The minimum absolute atomic E-state index is 0.699. The first-order valence-corrected chi connectivity index (χ1v) is 11.2. The van der Waals surface area contributed by atoms with Crippen molar-refractivity contribution < 1.29 is 0 Å². The molecule has 0 nitrogen and oxygen atoms in total. The van der Waals surface area contributed by atoms with Gasteiger partial charge in [0.1, 0.15) is 0 Å². The number of thioether (sulfide) groups is 1. The van der Waals surface area contributed by atoms with E-state index in [0.717, 1.165) is 15.5 Å². The quantitative estimate of drug-likeness (QED) is 0.372.